The molecule has 11 atom stereocenters. The highest BCUT2D eigenvalue weighted by atomic mass is 16.4. The quantitative estimate of drug-likeness (QED) is 0.330. The lowest BCUT2D eigenvalue weighted by Crippen LogP contribution is -2.69. The van der Waals surface area contributed by atoms with Crippen molar-refractivity contribution in [1.82, 2.24) is 0 Å². The third kappa shape index (κ3) is 2.95. The number of fused-ring (bicyclic) bond motifs is 7. The van der Waals surface area contributed by atoms with Gasteiger partial charge in [-0.3, -0.25) is 4.79 Å². The predicted molar refractivity (Wildman–Crippen MR) is 136 cm³/mol. The van der Waals surface area contributed by atoms with E-state index in [1.54, 1.807) is 6.92 Å². The van der Waals surface area contributed by atoms with Crippen molar-refractivity contribution >= 4 is 12.3 Å². The normalized spacial score (nSPS) is 55.8. The number of aliphatic hydroxyl groups is 3. The lowest BCUT2D eigenvalue weighted by Gasteiger charge is -2.71. The van der Waals surface area contributed by atoms with Crippen LogP contribution in [-0.2, 0) is 9.59 Å². The van der Waals surface area contributed by atoms with Gasteiger partial charge in [0, 0.05) is 0 Å². The molecule has 0 aliphatic heterocycles. The first kappa shape index (κ1) is 26.4. The molecule has 11 unspecified atom stereocenters. The van der Waals surface area contributed by atoms with Crippen LogP contribution >= 0.6 is 0 Å². The Kier molecular flexibility index (Phi) is 5.61. The number of aliphatic hydroxyl groups excluding tert-OH is 3. The zero-order valence-electron chi connectivity index (χ0n) is 22.9. The first-order chi connectivity index (χ1) is 16.5. The molecule has 6 nitrogen and oxygen atoms in total. The fourth-order valence-electron chi connectivity index (χ4n) is 10.7. The highest BCUT2D eigenvalue weighted by molar-refractivity contribution is 5.77. The first-order valence-corrected chi connectivity index (χ1v) is 14.0. The summed E-state index contributed by atoms with van der Waals surface area (Å²) in [6.07, 6.45) is 5.52. The monoisotopic (exact) mass is 502 g/mol. The number of rotatable bonds is 2. The molecule has 0 heterocycles. The van der Waals surface area contributed by atoms with Gasteiger partial charge >= 0.3 is 5.97 Å². The van der Waals surface area contributed by atoms with Gasteiger partial charge < -0.3 is 25.2 Å². The summed E-state index contributed by atoms with van der Waals surface area (Å²) in [5, 5.41) is 44.0. The number of aldehydes is 1. The van der Waals surface area contributed by atoms with E-state index >= 15 is 0 Å². The Bertz CT molecular complexity index is 1000. The molecule has 4 fully saturated rings. The number of allylic oxidation sites excluding steroid dienone is 2. The van der Waals surface area contributed by atoms with Crippen molar-refractivity contribution in [2.75, 3.05) is 0 Å². The van der Waals surface area contributed by atoms with Crippen LogP contribution in [0.2, 0.25) is 0 Å². The lowest BCUT2D eigenvalue weighted by molar-refractivity contribution is -0.235. The van der Waals surface area contributed by atoms with Crippen LogP contribution in [0.3, 0.4) is 0 Å². The molecule has 0 aromatic rings. The minimum Gasteiger partial charge on any atom is -0.481 e. The molecule has 0 saturated heterocycles. The van der Waals surface area contributed by atoms with Crippen LogP contribution in [0.5, 0.6) is 0 Å². The summed E-state index contributed by atoms with van der Waals surface area (Å²) in [5.41, 5.74) is -1.86. The van der Waals surface area contributed by atoms with Gasteiger partial charge in [-0.05, 0) is 90.8 Å². The SMILES string of the molecule is CC1(C)CCC2(C(=O)O)C(O)CC3(C)C(=CCC4C5(C)CC(O)C(O)C(C)(C=O)C5CCC43C)C2C1. The first-order valence-electron chi connectivity index (χ1n) is 14.0. The molecule has 0 spiro atoms. The molecule has 36 heavy (non-hydrogen) atoms. The van der Waals surface area contributed by atoms with Crippen LogP contribution in [0.4, 0.5) is 0 Å². The number of carbonyl (C=O) groups is 2. The number of carboxylic acid groups (broad SMARTS) is 1. The predicted octanol–water partition coefficient (Wildman–Crippen LogP) is 4.35. The molecule has 4 N–H and O–H groups in total. The van der Waals surface area contributed by atoms with Gasteiger partial charge in [0.25, 0.3) is 0 Å². The smallest absolute Gasteiger partial charge is 0.312 e. The summed E-state index contributed by atoms with van der Waals surface area (Å²) in [6.45, 7) is 13.0. The third-order valence-electron chi connectivity index (χ3n) is 13.0. The van der Waals surface area contributed by atoms with Crippen LogP contribution in [0.1, 0.15) is 92.9 Å². The van der Waals surface area contributed by atoms with E-state index < -0.39 is 35.1 Å². The van der Waals surface area contributed by atoms with Gasteiger partial charge in [-0.2, -0.15) is 0 Å². The Hall–Kier alpha value is -1.24. The van der Waals surface area contributed by atoms with E-state index in [0.717, 1.165) is 38.4 Å². The van der Waals surface area contributed by atoms with E-state index in [0.29, 0.717) is 19.3 Å². The molecule has 0 aromatic heterocycles. The number of carboxylic acids is 1. The number of hydrogen-bond donors (Lipinski definition) is 4. The van der Waals surface area contributed by atoms with Gasteiger partial charge in [-0.15, -0.1) is 0 Å². The minimum absolute atomic E-state index is 0.0131. The molecular weight excluding hydrogens is 456 g/mol. The van der Waals surface area contributed by atoms with Gasteiger partial charge in [-0.1, -0.05) is 53.2 Å². The number of aliphatic carboxylic acids is 1. The van der Waals surface area contributed by atoms with Gasteiger partial charge in [0.05, 0.1) is 23.7 Å². The van der Waals surface area contributed by atoms with Crippen LogP contribution in [0.25, 0.3) is 0 Å². The van der Waals surface area contributed by atoms with E-state index in [1.807, 2.05) is 0 Å². The van der Waals surface area contributed by atoms with Gasteiger partial charge in [0.15, 0.2) is 0 Å². The fraction of sp³-hybridized carbons (Fsp3) is 0.867. The molecular formula is C30H46O6. The maximum atomic E-state index is 12.8. The van der Waals surface area contributed by atoms with E-state index in [2.05, 4.69) is 40.7 Å². The van der Waals surface area contributed by atoms with Crippen LogP contribution < -0.4 is 0 Å². The second-order valence-electron chi connectivity index (χ2n) is 15.0. The van der Waals surface area contributed by atoms with Crippen LogP contribution in [-0.4, -0.2) is 51.0 Å². The van der Waals surface area contributed by atoms with Crippen molar-refractivity contribution in [2.24, 2.45) is 50.2 Å². The standard InChI is InChI=1S/C30H46O6/c1-25(2)11-12-30(24(35)36)18(13-25)17-7-8-21-26(3)14-19(32)23(34)27(4,16-31)20(26)9-10-28(21,5)29(17,6)15-22(30)33/h7,16,18-23,32-34H,8-15H2,1-6H3,(H,35,36). The molecule has 4 saturated carbocycles. The summed E-state index contributed by atoms with van der Waals surface area (Å²) < 4.78 is 0. The fourth-order valence-corrected chi connectivity index (χ4v) is 10.7. The highest BCUT2D eigenvalue weighted by Gasteiger charge is 2.72. The maximum absolute atomic E-state index is 12.8. The van der Waals surface area contributed by atoms with Crippen molar-refractivity contribution < 1.29 is 30.0 Å². The Morgan fingerprint density at radius 1 is 0.944 bits per heavy atom. The van der Waals surface area contributed by atoms with Crippen molar-refractivity contribution in [3.8, 4) is 0 Å². The minimum atomic E-state index is -1.13. The molecule has 5 aliphatic rings. The van der Waals surface area contributed by atoms with Crippen molar-refractivity contribution in [1.29, 1.82) is 0 Å². The summed E-state index contributed by atoms with van der Waals surface area (Å²) in [4.78, 5) is 25.2. The Morgan fingerprint density at radius 3 is 2.22 bits per heavy atom. The average Bonchev–Trinajstić information content (AvgIpc) is 2.77. The van der Waals surface area contributed by atoms with Crippen LogP contribution in [0.15, 0.2) is 11.6 Å². The summed E-state index contributed by atoms with van der Waals surface area (Å²) in [7, 11) is 0. The maximum Gasteiger partial charge on any atom is 0.312 e. The van der Waals surface area contributed by atoms with Crippen molar-refractivity contribution in [3.63, 3.8) is 0 Å². The zero-order chi connectivity index (χ0) is 26.7. The summed E-state index contributed by atoms with van der Waals surface area (Å²) in [5.74, 6) is -0.958. The average molecular weight is 503 g/mol. The summed E-state index contributed by atoms with van der Waals surface area (Å²) in [6, 6.07) is 0. The number of carbonyl (C=O) groups excluding carboxylic acids is 1. The molecule has 0 bridgehead atoms. The van der Waals surface area contributed by atoms with E-state index in [1.165, 1.54) is 5.57 Å². The van der Waals surface area contributed by atoms with Crippen molar-refractivity contribution in [3.05, 3.63) is 11.6 Å². The van der Waals surface area contributed by atoms with Gasteiger partial charge in [-0.25, -0.2) is 0 Å². The van der Waals surface area contributed by atoms with Crippen molar-refractivity contribution in [2.45, 2.75) is 111 Å². The second-order valence-corrected chi connectivity index (χ2v) is 15.0. The third-order valence-corrected chi connectivity index (χ3v) is 13.0. The Labute approximate surface area is 215 Å². The Morgan fingerprint density at radius 2 is 1.61 bits per heavy atom. The summed E-state index contributed by atoms with van der Waals surface area (Å²) >= 11 is 0. The number of hydrogen-bond acceptors (Lipinski definition) is 5. The van der Waals surface area contributed by atoms with E-state index in [9.17, 15) is 30.0 Å². The van der Waals surface area contributed by atoms with E-state index in [4.69, 9.17) is 0 Å². The topological polar surface area (TPSA) is 115 Å². The molecule has 202 valence electrons. The van der Waals surface area contributed by atoms with Gasteiger partial charge in [0.1, 0.15) is 11.7 Å². The second kappa shape index (κ2) is 7.66. The van der Waals surface area contributed by atoms with Gasteiger partial charge in [0.2, 0.25) is 0 Å². The molecule has 5 rings (SSSR count). The van der Waals surface area contributed by atoms with E-state index in [-0.39, 0.29) is 39.4 Å². The molecule has 0 aromatic carbocycles. The molecule has 0 radical (unpaired) electrons. The lowest BCUT2D eigenvalue weighted by atomic mass is 9.33. The largest absolute Gasteiger partial charge is 0.481 e. The molecule has 0 amide bonds. The Balaban J connectivity index is 1.64. The zero-order valence-corrected chi connectivity index (χ0v) is 22.9. The van der Waals surface area contributed by atoms with Crippen LogP contribution in [0, 0.1) is 50.2 Å². The molecule has 6 heteroatoms. The highest BCUT2D eigenvalue weighted by Crippen LogP contribution is 2.75. The molecule has 5 aliphatic carbocycles.